The molecule has 0 unspecified atom stereocenters. The number of rotatable bonds is 6. The van der Waals surface area contributed by atoms with E-state index in [0.717, 1.165) is 5.39 Å². The van der Waals surface area contributed by atoms with Crippen molar-refractivity contribution in [2.75, 3.05) is 11.1 Å². The van der Waals surface area contributed by atoms with E-state index in [-0.39, 0.29) is 16.3 Å². The second-order valence-corrected chi connectivity index (χ2v) is 8.86. The fourth-order valence-corrected chi connectivity index (χ4v) is 4.45. The Labute approximate surface area is 173 Å². The Balaban J connectivity index is 1.54. The monoisotopic (exact) mass is 421 g/mol. The van der Waals surface area contributed by atoms with Crippen LogP contribution in [0.5, 0.6) is 0 Å². The van der Waals surface area contributed by atoms with Gasteiger partial charge in [-0.25, -0.2) is 8.42 Å². The molecule has 4 aromatic rings. The molecule has 2 aromatic heterocycles. The summed E-state index contributed by atoms with van der Waals surface area (Å²) in [4.78, 5) is 17.2. The zero-order valence-corrected chi connectivity index (χ0v) is 17.0. The summed E-state index contributed by atoms with van der Waals surface area (Å²) in [5.74, 6) is 0.0445. The summed E-state index contributed by atoms with van der Waals surface area (Å²) in [5.41, 5.74) is 2.00. The Morgan fingerprint density at radius 1 is 1.07 bits per heavy atom. The molecule has 0 bridgehead atoms. The normalized spacial score (nSPS) is 11.5. The zero-order chi connectivity index (χ0) is 21.1. The first kappa shape index (κ1) is 19.8. The minimum Gasteiger partial charge on any atom is -0.355 e. The topological polar surface area (TPSA) is 102 Å². The Bertz CT molecular complexity index is 1310. The number of amides is 1. The largest absolute Gasteiger partial charge is 0.355 e. The molecule has 0 aliphatic rings. The van der Waals surface area contributed by atoms with Crippen molar-refractivity contribution in [3.63, 3.8) is 0 Å². The predicted molar refractivity (Wildman–Crippen MR) is 114 cm³/mol. The Kier molecular flexibility index (Phi) is 5.33. The Morgan fingerprint density at radius 2 is 1.83 bits per heavy atom. The summed E-state index contributed by atoms with van der Waals surface area (Å²) < 4.78 is 29.6. The Hall–Kier alpha value is -3.52. The van der Waals surface area contributed by atoms with Gasteiger partial charge in [-0.15, -0.1) is 0 Å². The molecule has 0 fully saturated rings. The van der Waals surface area contributed by atoms with Gasteiger partial charge in [0.1, 0.15) is 0 Å². The highest BCUT2D eigenvalue weighted by atomic mass is 32.2. The van der Waals surface area contributed by atoms with Crippen LogP contribution in [0.15, 0.2) is 76.3 Å². The van der Waals surface area contributed by atoms with Crippen molar-refractivity contribution in [1.82, 2.24) is 10.1 Å². The molecule has 4 rings (SSSR count). The summed E-state index contributed by atoms with van der Waals surface area (Å²) >= 11 is 0. The summed E-state index contributed by atoms with van der Waals surface area (Å²) in [6.45, 7) is 1.82. The summed E-state index contributed by atoms with van der Waals surface area (Å²) in [7, 11) is -3.29. The second kappa shape index (κ2) is 8.08. The first-order valence-electron chi connectivity index (χ1n) is 9.43. The lowest BCUT2D eigenvalue weighted by atomic mass is 10.1. The van der Waals surface area contributed by atoms with Gasteiger partial charge in [-0.3, -0.25) is 9.78 Å². The van der Waals surface area contributed by atoms with Crippen LogP contribution in [0.1, 0.15) is 23.8 Å². The Morgan fingerprint density at radius 3 is 2.60 bits per heavy atom. The standard InChI is InChI=1S/C22H19N3O4S/c1-2-13-30(27,28)17-10-8-15(9-11-17)20-14-19(25-29-20)22(26)24-18-7-3-5-16-6-4-12-23-21(16)18/h3-12,14H,2,13H2,1H3,(H,24,26). The van der Waals surface area contributed by atoms with Crippen LogP contribution in [-0.2, 0) is 9.84 Å². The molecule has 8 heteroatoms. The number of benzene rings is 2. The number of sulfone groups is 1. The van der Waals surface area contributed by atoms with Gasteiger partial charge in [-0.1, -0.05) is 30.3 Å². The smallest absolute Gasteiger partial charge is 0.277 e. The number of carbonyl (C=O) groups excluding carboxylic acids is 1. The van der Waals surface area contributed by atoms with Crippen LogP contribution < -0.4 is 5.32 Å². The number of carbonyl (C=O) groups is 1. The van der Waals surface area contributed by atoms with Crippen LogP contribution in [-0.4, -0.2) is 30.2 Å². The van der Waals surface area contributed by atoms with E-state index in [1.165, 1.54) is 18.2 Å². The molecule has 0 aliphatic heterocycles. The maximum absolute atomic E-state index is 12.6. The lowest BCUT2D eigenvalue weighted by Crippen LogP contribution is -2.12. The number of fused-ring (bicyclic) bond motifs is 1. The number of pyridine rings is 1. The van der Waals surface area contributed by atoms with Crippen molar-refractivity contribution in [2.24, 2.45) is 0 Å². The van der Waals surface area contributed by atoms with E-state index in [2.05, 4.69) is 15.5 Å². The molecule has 7 nitrogen and oxygen atoms in total. The fourth-order valence-electron chi connectivity index (χ4n) is 3.12. The molecule has 2 heterocycles. The van der Waals surface area contributed by atoms with Crippen molar-refractivity contribution in [1.29, 1.82) is 0 Å². The highest BCUT2D eigenvalue weighted by Gasteiger charge is 2.17. The molecular weight excluding hydrogens is 402 g/mol. The lowest BCUT2D eigenvalue weighted by Gasteiger charge is -2.06. The molecule has 2 aromatic carbocycles. The van der Waals surface area contributed by atoms with Gasteiger partial charge < -0.3 is 9.84 Å². The van der Waals surface area contributed by atoms with Gasteiger partial charge >= 0.3 is 0 Å². The number of hydrogen-bond acceptors (Lipinski definition) is 6. The first-order valence-corrected chi connectivity index (χ1v) is 11.1. The SMILES string of the molecule is CCCS(=O)(=O)c1ccc(-c2cc(C(=O)Nc3cccc4cccnc34)no2)cc1. The predicted octanol–water partition coefficient (Wildman–Crippen LogP) is 4.33. The zero-order valence-electron chi connectivity index (χ0n) is 16.2. The minimum absolute atomic E-state index is 0.0992. The molecule has 0 atom stereocenters. The quantitative estimate of drug-likeness (QED) is 0.497. The first-order chi connectivity index (χ1) is 14.5. The molecule has 30 heavy (non-hydrogen) atoms. The van der Waals surface area contributed by atoms with Crippen molar-refractivity contribution in [3.05, 3.63) is 72.6 Å². The van der Waals surface area contributed by atoms with Gasteiger partial charge in [-0.2, -0.15) is 0 Å². The van der Waals surface area contributed by atoms with Crippen molar-refractivity contribution in [2.45, 2.75) is 18.2 Å². The van der Waals surface area contributed by atoms with E-state index in [0.29, 0.717) is 28.9 Å². The number of aromatic nitrogens is 2. The average molecular weight is 421 g/mol. The maximum Gasteiger partial charge on any atom is 0.277 e. The van der Waals surface area contributed by atoms with Crippen LogP contribution >= 0.6 is 0 Å². The molecule has 0 saturated heterocycles. The minimum atomic E-state index is -3.29. The van der Waals surface area contributed by atoms with Crippen molar-refractivity contribution in [3.8, 4) is 11.3 Å². The molecule has 0 spiro atoms. The maximum atomic E-state index is 12.6. The summed E-state index contributed by atoms with van der Waals surface area (Å²) in [5, 5.41) is 7.56. The van der Waals surface area contributed by atoms with Gasteiger partial charge in [0.25, 0.3) is 5.91 Å². The van der Waals surface area contributed by atoms with E-state index >= 15 is 0 Å². The number of nitrogens with zero attached hydrogens (tertiary/aromatic N) is 2. The van der Waals surface area contributed by atoms with E-state index in [9.17, 15) is 13.2 Å². The summed E-state index contributed by atoms with van der Waals surface area (Å²) in [6, 6.07) is 17.1. The average Bonchev–Trinajstić information content (AvgIpc) is 3.25. The van der Waals surface area contributed by atoms with Crippen LogP contribution in [0.25, 0.3) is 22.2 Å². The van der Waals surface area contributed by atoms with Gasteiger partial charge in [0, 0.05) is 23.2 Å². The molecule has 1 N–H and O–H groups in total. The van der Waals surface area contributed by atoms with Gasteiger partial charge in [-0.05, 0) is 42.8 Å². The van der Waals surface area contributed by atoms with Gasteiger partial charge in [0.05, 0.1) is 21.9 Å². The number of hydrogen-bond donors (Lipinski definition) is 1. The molecule has 0 aliphatic carbocycles. The molecule has 1 amide bonds. The van der Waals surface area contributed by atoms with Crippen molar-refractivity contribution >= 4 is 32.3 Å². The van der Waals surface area contributed by atoms with Crippen LogP contribution in [0.2, 0.25) is 0 Å². The van der Waals surface area contributed by atoms with E-state index in [1.807, 2.05) is 31.2 Å². The van der Waals surface area contributed by atoms with Gasteiger partial charge in [0.2, 0.25) is 0 Å². The van der Waals surface area contributed by atoms with E-state index in [4.69, 9.17) is 4.52 Å². The van der Waals surface area contributed by atoms with E-state index < -0.39 is 15.7 Å². The van der Waals surface area contributed by atoms with Crippen LogP contribution in [0.4, 0.5) is 5.69 Å². The second-order valence-electron chi connectivity index (χ2n) is 6.75. The van der Waals surface area contributed by atoms with Gasteiger partial charge in [0.15, 0.2) is 21.3 Å². The van der Waals surface area contributed by atoms with Crippen molar-refractivity contribution < 1.29 is 17.7 Å². The van der Waals surface area contributed by atoms with Crippen LogP contribution in [0.3, 0.4) is 0 Å². The molecular formula is C22H19N3O4S. The van der Waals surface area contributed by atoms with Crippen LogP contribution in [0, 0.1) is 0 Å². The number of para-hydroxylation sites is 1. The molecule has 152 valence electrons. The summed E-state index contributed by atoms with van der Waals surface area (Å²) in [6.07, 6.45) is 2.22. The lowest BCUT2D eigenvalue weighted by molar-refractivity contribution is 0.101. The molecule has 0 saturated carbocycles. The highest BCUT2D eigenvalue weighted by molar-refractivity contribution is 7.91. The third-order valence-corrected chi connectivity index (χ3v) is 6.53. The van der Waals surface area contributed by atoms with E-state index in [1.54, 1.807) is 24.4 Å². The third kappa shape index (κ3) is 3.95. The molecule has 0 radical (unpaired) electrons. The highest BCUT2D eigenvalue weighted by Crippen LogP contribution is 2.25. The number of anilines is 1. The fraction of sp³-hybridized carbons (Fsp3) is 0.136. The third-order valence-electron chi connectivity index (χ3n) is 4.59. The number of nitrogens with one attached hydrogen (secondary N) is 1.